The first-order valence-electron chi connectivity index (χ1n) is 4.73. The van der Waals surface area contributed by atoms with E-state index in [4.69, 9.17) is 10.8 Å². The summed E-state index contributed by atoms with van der Waals surface area (Å²) in [6.07, 6.45) is 2.26. The summed E-state index contributed by atoms with van der Waals surface area (Å²) in [4.78, 5) is 0. The molecule has 0 aliphatic carbocycles. The van der Waals surface area contributed by atoms with Crippen molar-refractivity contribution in [3.63, 3.8) is 0 Å². The van der Waals surface area contributed by atoms with Crippen LogP contribution in [0.15, 0.2) is 24.3 Å². The van der Waals surface area contributed by atoms with Crippen molar-refractivity contribution < 1.29 is 5.11 Å². The van der Waals surface area contributed by atoms with Crippen LogP contribution < -0.4 is 5.73 Å². The third-order valence-electron chi connectivity index (χ3n) is 2.14. The maximum Gasteiger partial charge on any atom is 0.0624 e. The van der Waals surface area contributed by atoms with Gasteiger partial charge in [-0.3, -0.25) is 0 Å². The van der Waals surface area contributed by atoms with Crippen LogP contribution in [0.4, 0.5) is 0 Å². The average molecular weight is 179 g/mol. The molecule has 1 atom stereocenters. The summed E-state index contributed by atoms with van der Waals surface area (Å²) < 4.78 is 0. The minimum atomic E-state index is -0.240. The fourth-order valence-electron chi connectivity index (χ4n) is 1.33. The first kappa shape index (κ1) is 10.2. The van der Waals surface area contributed by atoms with Crippen LogP contribution >= 0.6 is 0 Å². The van der Waals surface area contributed by atoms with Gasteiger partial charge in [0, 0.05) is 0 Å². The minimum Gasteiger partial charge on any atom is -0.394 e. The van der Waals surface area contributed by atoms with Crippen LogP contribution in [0, 0.1) is 0 Å². The lowest BCUT2D eigenvalue weighted by molar-refractivity contribution is 0.268. The molecule has 0 saturated carbocycles. The third-order valence-corrected chi connectivity index (χ3v) is 2.14. The lowest BCUT2D eigenvalue weighted by Crippen LogP contribution is -2.14. The number of benzene rings is 1. The Bertz CT molecular complexity index is 243. The van der Waals surface area contributed by atoms with E-state index in [9.17, 15) is 0 Å². The molecule has 1 aromatic rings. The Balaban J connectivity index is 2.69. The molecule has 0 heterocycles. The second-order valence-electron chi connectivity index (χ2n) is 3.28. The first-order valence-corrected chi connectivity index (χ1v) is 4.73. The number of hydrogen-bond donors (Lipinski definition) is 2. The standard InChI is InChI=1S/C11H17NO/c1-2-3-9-4-6-10(7-5-9)11(12)8-13/h4-7,11,13H,2-3,8,12H2,1H3. The van der Waals surface area contributed by atoms with Crippen LogP contribution in [0.2, 0.25) is 0 Å². The van der Waals surface area contributed by atoms with Gasteiger partial charge in [-0.2, -0.15) is 0 Å². The molecule has 0 spiro atoms. The molecule has 1 aromatic carbocycles. The van der Waals surface area contributed by atoms with Gasteiger partial charge in [0.25, 0.3) is 0 Å². The number of aryl methyl sites for hydroxylation is 1. The minimum absolute atomic E-state index is 0.00707. The number of hydrogen-bond acceptors (Lipinski definition) is 2. The summed E-state index contributed by atoms with van der Waals surface area (Å²) in [5.74, 6) is 0. The molecule has 2 heteroatoms. The largest absolute Gasteiger partial charge is 0.394 e. The third kappa shape index (κ3) is 2.83. The van der Waals surface area contributed by atoms with Gasteiger partial charge in [0.1, 0.15) is 0 Å². The normalized spacial score (nSPS) is 12.8. The van der Waals surface area contributed by atoms with E-state index in [-0.39, 0.29) is 12.6 Å². The highest BCUT2D eigenvalue weighted by molar-refractivity contribution is 5.24. The molecular formula is C11H17NO. The number of nitrogens with two attached hydrogens (primary N) is 1. The molecular weight excluding hydrogens is 162 g/mol. The van der Waals surface area contributed by atoms with Gasteiger partial charge in [-0.25, -0.2) is 0 Å². The van der Waals surface area contributed by atoms with E-state index in [0.717, 1.165) is 18.4 Å². The number of rotatable bonds is 4. The molecule has 72 valence electrons. The molecule has 2 nitrogen and oxygen atoms in total. The van der Waals surface area contributed by atoms with Crippen molar-refractivity contribution in [2.45, 2.75) is 25.8 Å². The molecule has 0 fully saturated rings. The Hall–Kier alpha value is -0.860. The van der Waals surface area contributed by atoms with Crippen LogP contribution in [0.25, 0.3) is 0 Å². The highest BCUT2D eigenvalue weighted by Crippen LogP contribution is 2.11. The fraction of sp³-hybridized carbons (Fsp3) is 0.455. The van der Waals surface area contributed by atoms with Crippen LogP contribution in [0.5, 0.6) is 0 Å². The Morgan fingerprint density at radius 3 is 2.38 bits per heavy atom. The molecule has 0 radical (unpaired) electrons. The summed E-state index contributed by atoms with van der Waals surface area (Å²) >= 11 is 0. The van der Waals surface area contributed by atoms with E-state index < -0.39 is 0 Å². The molecule has 3 N–H and O–H groups in total. The fourth-order valence-corrected chi connectivity index (χ4v) is 1.33. The van der Waals surface area contributed by atoms with Crippen LogP contribution in [0.3, 0.4) is 0 Å². The van der Waals surface area contributed by atoms with Gasteiger partial charge in [0.2, 0.25) is 0 Å². The lowest BCUT2D eigenvalue weighted by Gasteiger charge is -2.08. The summed E-state index contributed by atoms with van der Waals surface area (Å²) in [5.41, 5.74) is 8.00. The van der Waals surface area contributed by atoms with Crippen LogP contribution in [-0.2, 0) is 6.42 Å². The summed E-state index contributed by atoms with van der Waals surface area (Å²) in [6, 6.07) is 7.90. The predicted octanol–water partition coefficient (Wildman–Crippen LogP) is 1.63. The zero-order valence-corrected chi connectivity index (χ0v) is 8.03. The Kier molecular flexibility index (Phi) is 3.93. The lowest BCUT2D eigenvalue weighted by atomic mass is 10.0. The van der Waals surface area contributed by atoms with Gasteiger partial charge in [0.05, 0.1) is 12.6 Å². The highest BCUT2D eigenvalue weighted by atomic mass is 16.3. The van der Waals surface area contributed by atoms with Gasteiger partial charge < -0.3 is 10.8 Å². The summed E-state index contributed by atoms with van der Waals surface area (Å²) in [6.45, 7) is 2.17. The van der Waals surface area contributed by atoms with E-state index in [1.54, 1.807) is 0 Å². The van der Waals surface area contributed by atoms with Crippen molar-refractivity contribution in [1.82, 2.24) is 0 Å². The van der Waals surface area contributed by atoms with Crippen molar-refractivity contribution in [3.05, 3.63) is 35.4 Å². The van der Waals surface area contributed by atoms with Gasteiger partial charge in [0.15, 0.2) is 0 Å². The molecule has 13 heavy (non-hydrogen) atoms. The first-order chi connectivity index (χ1) is 6.27. The molecule has 0 saturated heterocycles. The molecule has 0 bridgehead atoms. The van der Waals surface area contributed by atoms with E-state index in [1.165, 1.54) is 5.56 Å². The second kappa shape index (κ2) is 5.00. The Labute approximate surface area is 79.4 Å². The van der Waals surface area contributed by atoms with Crippen LogP contribution in [-0.4, -0.2) is 11.7 Å². The monoisotopic (exact) mass is 179 g/mol. The van der Waals surface area contributed by atoms with E-state index >= 15 is 0 Å². The van der Waals surface area contributed by atoms with Crippen molar-refractivity contribution in [3.8, 4) is 0 Å². The maximum atomic E-state index is 8.84. The van der Waals surface area contributed by atoms with E-state index in [2.05, 4.69) is 19.1 Å². The van der Waals surface area contributed by atoms with Gasteiger partial charge in [-0.15, -0.1) is 0 Å². The van der Waals surface area contributed by atoms with Crippen molar-refractivity contribution in [1.29, 1.82) is 0 Å². The van der Waals surface area contributed by atoms with Crippen molar-refractivity contribution in [2.24, 2.45) is 5.73 Å². The highest BCUT2D eigenvalue weighted by Gasteiger charge is 2.02. The molecule has 0 aliphatic heterocycles. The molecule has 0 aromatic heterocycles. The number of aliphatic hydroxyl groups excluding tert-OH is 1. The van der Waals surface area contributed by atoms with Gasteiger partial charge >= 0.3 is 0 Å². The van der Waals surface area contributed by atoms with Crippen LogP contribution in [0.1, 0.15) is 30.5 Å². The Morgan fingerprint density at radius 2 is 1.92 bits per heavy atom. The average Bonchev–Trinajstić information content (AvgIpc) is 2.18. The van der Waals surface area contributed by atoms with Gasteiger partial charge in [-0.05, 0) is 17.5 Å². The summed E-state index contributed by atoms with van der Waals surface area (Å²) in [5, 5.41) is 8.84. The van der Waals surface area contributed by atoms with Gasteiger partial charge in [-0.1, -0.05) is 37.6 Å². The van der Waals surface area contributed by atoms with E-state index in [0.29, 0.717) is 0 Å². The SMILES string of the molecule is CCCc1ccc(C(N)CO)cc1. The molecule has 1 unspecified atom stereocenters. The van der Waals surface area contributed by atoms with E-state index in [1.807, 2.05) is 12.1 Å². The van der Waals surface area contributed by atoms with Crippen molar-refractivity contribution >= 4 is 0 Å². The topological polar surface area (TPSA) is 46.2 Å². The predicted molar refractivity (Wildman–Crippen MR) is 54.5 cm³/mol. The van der Waals surface area contributed by atoms with Crippen molar-refractivity contribution in [2.75, 3.05) is 6.61 Å². The zero-order valence-electron chi connectivity index (χ0n) is 8.03. The second-order valence-corrected chi connectivity index (χ2v) is 3.28. The quantitative estimate of drug-likeness (QED) is 0.738. The molecule has 1 rings (SSSR count). The maximum absolute atomic E-state index is 8.84. The molecule has 0 amide bonds. The zero-order chi connectivity index (χ0) is 9.68. The molecule has 0 aliphatic rings. The smallest absolute Gasteiger partial charge is 0.0624 e. The number of aliphatic hydroxyl groups is 1. The Morgan fingerprint density at radius 1 is 1.31 bits per heavy atom. The summed E-state index contributed by atoms with van der Waals surface area (Å²) in [7, 11) is 0.